The van der Waals surface area contributed by atoms with E-state index in [4.69, 9.17) is 14.5 Å². The first kappa shape index (κ1) is 26.4. The highest BCUT2D eigenvalue weighted by Gasteiger charge is 2.16. The van der Waals surface area contributed by atoms with E-state index in [0.717, 1.165) is 24.5 Å². The lowest BCUT2D eigenvalue weighted by atomic mass is 9.92. The van der Waals surface area contributed by atoms with Gasteiger partial charge in [0.2, 0.25) is 5.95 Å². The van der Waals surface area contributed by atoms with Crippen molar-refractivity contribution < 1.29 is 9.47 Å². The van der Waals surface area contributed by atoms with E-state index in [1.807, 2.05) is 23.6 Å². The molecule has 1 fully saturated rings. The van der Waals surface area contributed by atoms with E-state index in [0.29, 0.717) is 48.2 Å². The SMILES string of the molecule is CCOC#Cc1cc2cnc(Nc3ccc(C4CCCNC4)cc3)nc2n(Cc2cncn2CCOC)c1=O. The Labute approximate surface area is 227 Å². The van der Waals surface area contributed by atoms with Crippen LogP contribution in [0.4, 0.5) is 11.6 Å². The summed E-state index contributed by atoms with van der Waals surface area (Å²) >= 11 is 0. The minimum absolute atomic E-state index is 0.260. The number of anilines is 2. The van der Waals surface area contributed by atoms with Gasteiger partial charge in [-0.3, -0.25) is 9.36 Å². The second kappa shape index (κ2) is 12.6. The molecule has 4 aromatic rings. The number of benzene rings is 1. The van der Waals surface area contributed by atoms with Gasteiger partial charge in [0.25, 0.3) is 5.56 Å². The summed E-state index contributed by atoms with van der Waals surface area (Å²) < 4.78 is 14.0. The molecule has 5 rings (SSSR count). The molecule has 0 bridgehead atoms. The van der Waals surface area contributed by atoms with E-state index < -0.39 is 0 Å². The zero-order valence-electron chi connectivity index (χ0n) is 22.3. The normalized spacial score (nSPS) is 15.1. The smallest absolute Gasteiger partial charge is 0.268 e. The van der Waals surface area contributed by atoms with Gasteiger partial charge in [-0.15, -0.1) is 0 Å². The Kier molecular flexibility index (Phi) is 8.51. The molecule has 0 amide bonds. The van der Waals surface area contributed by atoms with Crippen molar-refractivity contribution in [3.05, 3.63) is 76.2 Å². The molecule has 1 saturated heterocycles. The van der Waals surface area contributed by atoms with Gasteiger partial charge in [-0.25, -0.2) is 9.97 Å². The molecule has 1 aromatic carbocycles. The van der Waals surface area contributed by atoms with Crippen molar-refractivity contribution in [1.82, 2.24) is 29.4 Å². The molecular formula is C29H33N7O3. The van der Waals surface area contributed by atoms with Gasteiger partial charge in [-0.2, -0.15) is 4.98 Å². The van der Waals surface area contributed by atoms with Crippen LogP contribution in [0.25, 0.3) is 11.0 Å². The first-order valence-electron chi connectivity index (χ1n) is 13.2. The summed E-state index contributed by atoms with van der Waals surface area (Å²) in [7, 11) is 1.65. The predicted molar refractivity (Wildman–Crippen MR) is 150 cm³/mol. The number of aromatic nitrogens is 5. The quantitative estimate of drug-likeness (QED) is 0.320. The van der Waals surface area contributed by atoms with Gasteiger partial charge in [0, 0.05) is 43.7 Å². The molecule has 0 spiro atoms. The molecule has 4 heterocycles. The fraction of sp³-hybridized carbons (Fsp3) is 0.379. The van der Waals surface area contributed by atoms with Crippen molar-refractivity contribution in [1.29, 1.82) is 0 Å². The van der Waals surface area contributed by atoms with Gasteiger partial charge < -0.3 is 24.7 Å². The third-order valence-corrected chi connectivity index (χ3v) is 6.82. The van der Waals surface area contributed by atoms with E-state index in [-0.39, 0.29) is 12.1 Å². The number of piperidine rings is 1. The summed E-state index contributed by atoms with van der Waals surface area (Å²) in [5, 5.41) is 7.46. The fourth-order valence-electron chi connectivity index (χ4n) is 4.76. The molecule has 3 aromatic heterocycles. The number of rotatable bonds is 9. The Hall–Kier alpha value is -4.20. The van der Waals surface area contributed by atoms with E-state index >= 15 is 0 Å². The number of nitrogens with zero attached hydrogens (tertiary/aromatic N) is 5. The third kappa shape index (κ3) is 6.28. The number of methoxy groups -OCH3 is 1. The summed E-state index contributed by atoms with van der Waals surface area (Å²) in [6, 6.07) is 10.1. The average molecular weight is 528 g/mol. The van der Waals surface area contributed by atoms with Crippen LogP contribution in [0.15, 0.2) is 53.8 Å². The van der Waals surface area contributed by atoms with Crippen molar-refractivity contribution in [2.45, 2.75) is 38.8 Å². The van der Waals surface area contributed by atoms with Crippen LogP contribution in [0.5, 0.6) is 0 Å². The fourth-order valence-corrected chi connectivity index (χ4v) is 4.76. The zero-order valence-corrected chi connectivity index (χ0v) is 22.3. The van der Waals surface area contributed by atoms with Crippen molar-refractivity contribution in [2.24, 2.45) is 0 Å². The Morgan fingerprint density at radius 3 is 2.87 bits per heavy atom. The predicted octanol–water partition coefficient (Wildman–Crippen LogP) is 3.24. The molecule has 1 atom stereocenters. The first-order valence-corrected chi connectivity index (χ1v) is 13.2. The van der Waals surface area contributed by atoms with Gasteiger partial charge in [-0.05, 0) is 61.9 Å². The first-order chi connectivity index (χ1) is 19.2. The minimum atomic E-state index is -0.260. The summed E-state index contributed by atoms with van der Waals surface area (Å²) in [6.45, 7) is 5.81. The van der Waals surface area contributed by atoms with Gasteiger partial charge in [0.15, 0.2) is 0 Å². The molecule has 1 unspecified atom stereocenters. The van der Waals surface area contributed by atoms with E-state index in [1.165, 1.54) is 18.4 Å². The molecular weight excluding hydrogens is 494 g/mol. The Balaban J connectivity index is 1.48. The van der Waals surface area contributed by atoms with Gasteiger partial charge in [0.05, 0.1) is 37.3 Å². The average Bonchev–Trinajstić information content (AvgIpc) is 3.42. The van der Waals surface area contributed by atoms with Gasteiger partial charge in [0.1, 0.15) is 11.8 Å². The highest BCUT2D eigenvalue weighted by molar-refractivity contribution is 5.77. The summed E-state index contributed by atoms with van der Waals surface area (Å²) in [5.41, 5.74) is 3.62. The van der Waals surface area contributed by atoms with Crippen molar-refractivity contribution >= 4 is 22.7 Å². The second-order valence-corrected chi connectivity index (χ2v) is 9.44. The van der Waals surface area contributed by atoms with Gasteiger partial charge in [-0.1, -0.05) is 12.1 Å². The molecule has 0 aliphatic carbocycles. The maximum Gasteiger partial charge on any atom is 0.268 e. The van der Waals surface area contributed by atoms with Crippen LogP contribution in [0.1, 0.15) is 42.5 Å². The Bertz CT molecular complexity index is 1530. The topological polar surface area (TPSA) is 108 Å². The van der Waals surface area contributed by atoms with Crippen LogP contribution >= 0.6 is 0 Å². The lowest BCUT2D eigenvalue weighted by molar-refractivity contribution is 0.186. The van der Waals surface area contributed by atoms with Crippen LogP contribution in [0.2, 0.25) is 0 Å². The molecule has 39 heavy (non-hydrogen) atoms. The zero-order chi connectivity index (χ0) is 27.0. The largest absolute Gasteiger partial charge is 0.447 e. The lowest BCUT2D eigenvalue weighted by Gasteiger charge is -2.23. The van der Waals surface area contributed by atoms with E-state index in [1.54, 1.807) is 36.5 Å². The maximum absolute atomic E-state index is 13.6. The number of ether oxygens (including phenoxy) is 2. The van der Waals surface area contributed by atoms with Crippen molar-refractivity contribution in [3.63, 3.8) is 0 Å². The standard InChI is InChI=1S/C29H33N7O3/c1-3-39-13-10-22-15-24-17-32-29(33-25-8-6-21(7-9-25)23-5-4-11-30-16-23)34-27(24)36(28(22)37)19-26-18-31-20-35(26)12-14-38-2/h6-9,15,17-18,20,23,30H,3-5,11-12,14,16,19H2,1-2H3,(H,32,33,34). The third-order valence-electron chi connectivity index (χ3n) is 6.82. The Morgan fingerprint density at radius 1 is 1.23 bits per heavy atom. The van der Waals surface area contributed by atoms with Gasteiger partial charge >= 0.3 is 0 Å². The minimum Gasteiger partial charge on any atom is -0.447 e. The maximum atomic E-state index is 13.6. The number of pyridine rings is 1. The molecule has 2 N–H and O–H groups in total. The molecule has 202 valence electrons. The van der Waals surface area contributed by atoms with Crippen molar-refractivity contribution in [2.75, 3.05) is 38.7 Å². The molecule has 0 saturated carbocycles. The lowest BCUT2D eigenvalue weighted by Crippen LogP contribution is -2.28. The second-order valence-electron chi connectivity index (χ2n) is 9.44. The number of hydrogen-bond acceptors (Lipinski definition) is 8. The number of fused-ring (bicyclic) bond motifs is 1. The van der Waals surface area contributed by atoms with E-state index in [9.17, 15) is 4.79 Å². The molecule has 1 aliphatic rings. The summed E-state index contributed by atoms with van der Waals surface area (Å²) in [5.74, 6) is 3.78. The van der Waals surface area contributed by atoms with E-state index in [2.05, 4.69) is 44.8 Å². The number of hydrogen-bond donors (Lipinski definition) is 2. The number of nitrogens with one attached hydrogen (secondary N) is 2. The molecule has 1 aliphatic heterocycles. The highest BCUT2D eigenvalue weighted by Crippen LogP contribution is 2.25. The molecule has 10 nitrogen and oxygen atoms in total. The van der Waals surface area contributed by atoms with Crippen LogP contribution in [0, 0.1) is 12.0 Å². The van der Waals surface area contributed by atoms with Crippen LogP contribution in [-0.4, -0.2) is 57.5 Å². The monoisotopic (exact) mass is 527 g/mol. The highest BCUT2D eigenvalue weighted by atomic mass is 16.5. The molecule has 10 heteroatoms. The van der Waals surface area contributed by atoms with Crippen LogP contribution in [-0.2, 0) is 22.6 Å². The Morgan fingerprint density at radius 2 is 2.10 bits per heavy atom. The van der Waals surface area contributed by atoms with Crippen molar-refractivity contribution in [3.8, 4) is 12.0 Å². The van der Waals surface area contributed by atoms with Crippen LogP contribution < -0.4 is 16.2 Å². The van der Waals surface area contributed by atoms with Crippen LogP contribution in [0.3, 0.4) is 0 Å². The summed E-state index contributed by atoms with van der Waals surface area (Å²) in [6.07, 6.45) is 10.2. The summed E-state index contributed by atoms with van der Waals surface area (Å²) in [4.78, 5) is 27.1. The molecule has 0 radical (unpaired) electrons. The number of imidazole rings is 1.